The van der Waals surface area contributed by atoms with E-state index in [2.05, 4.69) is 0 Å². The van der Waals surface area contributed by atoms with Gasteiger partial charge in [-0.15, -0.1) is 0 Å². The van der Waals surface area contributed by atoms with Crippen LogP contribution < -0.4 is 0 Å². The van der Waals surface area contributed by atoms with E-state index in [1.54, 1.807) is 13.0 Å². The molecule has 0 unspecified atom stereocenters. The summed E-state index contributed by atoms with van der Waals surface area (Å²) < 4.78 is 0. The zero-order chi connectivity index (χ0) is 11.4. The molecule has 1 N–H and O–H groups in total. The Labute approximate surface area is 92.2 Å². The summed E-state index contributed by atoms with van der Waals surface area (Å²) in [7, 11) is 0. The van der Waals surface area contributed by atoms with E-state index in [1.165, 1.54) is 12.1 Å². The average molecular weight is 222 g/mol. The van der Waals surface area contributed by atoms with Gasteiger partial charge in [-0.05, 0) is 36.3 Å². The lowest BCUT2D eigenvalue weighted by atomic mass is 10.1. The van der Waals surface area contributed by atoms with Crippen molar-refractivity contribution in [3.05, 3.63) is 39.9 Å². The molecule has 0 aliphatic rings. The van der Waals surface area contributed by atoms with Gasteiger partial charge in [-0.2, -0.15) is 5.26 Å². The van der Waals surface area contributed by atoms with Gasteiger partial charge >= 0.3 is 5.97 Å². The van der Waals surface area contributed by atoms with Crippen LogP contribution >= 0.6 is 11.6 Å². The van der Waals surface area contributed by atoms with E-state index in [4.69, 9.17) is 22.0 Å². The minimum Gasteiger partial charge on any atom is -0.478 e. The predicted molar refractivity (Wildman–Crippen MR) is 57.6 cm³/mol. The average Bonchev–Trinajstić information content (AvgIpc) is 2.18. The predicted octanol–water partition coefficient (Wildman–Crippen LogP) is 2.62. The molecule has 0 bridgehead atoms. The van der Waals surface area contributed by atoms with Gasteiger partial charge in [0.05, 0.1) is 11.6 Å². The number of halogens is 1. The lowest BCUT2D eigenvalue weighted by molar-refractivity contribution is -0.131. The maximum absolute atomic E-state index is 10.3. The lowest BCUT2D eigenvalue weighted by Gasteiger charge is -2.02. The van der Waals surface area contributed by atoms with Gasteiger partial charge in [0.1, 0.15) is 0 Å². The van der Waals surface area contributed by atoms with Crippen molar-refractivity contribution in [2.45, 2.75) is 6.92 Å². The fourth-order valence-electron chi connectivity index (χ4n) is 1.11. The number of nitriles is 1. The molecule has 1 rings (SSSR count). The van der Waals surface area contributed by atoms with Crippen LogP contribution in [0.4, 0.5) is 0 Å². The molecule has 0 radical (unpaired) electrons. The molecule has 0 amide bonds. The van der Waals surface area contributed by atoms with Gasteiger partial charge in [-0.3, -0.25) is 0 Å². The van der Waals surface area contributed by atoms with Crippen molar-refractivity contribution in [2.75, 3.05) is 0 Å². The number of benzene rings is 1. The number of aliphatic carboxylic acids is 1. The summed E-state index contributed by atoms with van der Waals surface area (Å²) >= 11 is 5.87. The van der Waals surface area contributed by atoms with Crippen molar-refractivity contribution in [1.82, 2.24) is 0 Å². The third-order valence-corrected chi connectivity index (χ3v) is 2.20. The van der Waals surface area contributed by atoms with Crippen molar-refractivity contribution >= 4 is 23.6 Å². The minimum absolute atomic E-state index is 0.370. The van der Waals surface area contributed by atoms with Crippen LogP contribution in [0.5, 0.6) is 0 Å². The van der Waals surface area contributed by atoms with Gasteiger partial charge in [-0.25, -0.2) is 4.79 Å². The molecule has 3 nitrogen and oxygen atoms in total. The number of rotatable bonds is 2. The molecule has 0 aromatic heterocycles. The molecule has 0 atom stereocenters. The van der Waals surface area contributed by atoms with Crippen molar-refractivity contribution in [3.63, 3.8) is 0 Å². The van der Waals surface area contributed by atoms with E-state index in [1.807, 2.05) is 6.07 Å². The van der Waals surface area contributed by atoms with Crippen molar-refractivity contribution in [3.8, 4) is 6.07 Å². The molecule has 4 heteroatoms. The van der Waals surface area contributed by atoms with Crippen molar-refractivity contribution < 1.29 is 9.90 Å². The van der Waals surface area contributed by atoms with E-state index in [9.17, 15) is 4.79 Å². The standard InChI is InChI=1S/C11H8ClNO2/c1-7-4-8(2-3-11(14)15)10(12)5-9(7)6-13/h2-5H,1H3,(H,14,15). The Bertz CT molecular complexity index is 472. The normalized spacial score (nSPS) is 10.2. The number of hydrogen-bond donors (Lipinski definition) is 1. The van der Waals surface area contributed by atoms with Crippen LogP contribution in [-0.4, -0.2) is 11.1 Å². The van der Waals surface area contributed by atoms with Gasteiger partial charge in [0.25, 0.3) is 0 Å². The molecular weight excluding hydrogens is 214 g/mol. The van der Waals surface area contributed by atoms with Gasteiger partial charge in [0.15, 0.2) is 0 Å². The molecular formula is C11H8ClNO2. The molecule has 0 spiro atoms. The maximum Gasteiger partial charge on any atom is 0.328 e. The Kier molecular flexibility index (Phi) is 3.48. The summed E-state index contributed by atoms with van der Waals surface area (Å²) in [5.41, 5.74) is 1.86. The van der Waals surface area contributed by atoms with E-state index >= 15 is 0 Å². The van der Waals surface area contributed by atoms with E-state index < -0.39 is 5.97 Å². The van der Waals surface area contributed by atoms with Gasteiger partial charge in [0.2, 0.25) is 0 Å². The minimum atomic E-state index is -1.03. The molecule has 0 heterocycles. The Balaban J connectivity index is 3.18. The Morgan fingerprint density at radius 1 is 1.60 bits per heavy atom. The monoisotopic (exact) mass is 221 g/mol. The first-order valence-electron chi connectivity index (χ1n) is 4.16. The Hall–Kier alpha value is -1.79. The number of carboxylic acids is 1. The second kappa shape index (κ2) is 4.63. The van der Waals surface area contributed by atoms with Crippen LogP contribution in [-0.2, 0) is 4.79 Å². The zero-order valence-electron chi connectivity index (χ0n) is 7.99. The highest BCUT2D eigenvalue weighted by atomic mass is 35.5. The van der Waals surface area contributed by atoms with E-state index in [0.29, 0.717) is 16.1 Å². The Morgan fingerprint density at radius 3 is 2.80 bits per heavy atom. The first kappa shape index (κ1) is 11.3. The van der Waals surface area contributed by atoms with Gasteiger partial charge in [-0.1, -0.05) is 11.6 Å². The topological polar surface area (TPSA) is 61.1 Å². The summed E-state index contributed by atoms with van der Waals surface area (Å²) in [4.78, 5) is 10.3. The van der Waals surface area contributed by atoms with Crippen LogP contribution in [0.25, 0.3) is 6.08 Å². The molecule has 0 saturated heterocycles. The number of nitrogens with zero attached hydrogens (tertiary/aromatic N) is 1. The second-order valence-corrected chi connectivity index (χ2v) is 3.38. The molecule has 15 heavy (non-hydrogen) atoms. The second-order valence-electron chi connectivity index (χ2n) is 2.97. The summed E-state index contributed by atoms with van der Waals surface area (Å²) in [5.74, 6) is -1.03. The SMILES string of the molecule is Cc1cc(C=CC(=O)O)c(Cl)cc1C#N. The molecule has 0 aliphatic carbocycles. The summed E-state index contributed by atoms with van der Waals surface area (Å²) in [5, 5.41) is 17.6. The van der Waals surface area contributed by atoms with E-state index in [0.717, 1.165) is 11.6 Å². The quantitative estimate of drug-likeness (QED) is 0.781. The summed E-state index contributed by atoms with van der Waals surface area (Å²) in [6, 6.07) is 5.21. The van der Waals surface area contributed by atoms with Crippen LogP contribution in [0.1, 0.15) is 16.7 Å². The first-order valence-corrected chi connectivity index (χ1v) is 4.53. The lowest BCUT2D eigenvalue weighted by Crippen LogP contribution is -1.88. The van der Waals surface area contributed by atoms with Crippen LogP contribution in [0.3, 0.4) is 0 Å². The molecule has 0 aliphatic heterocycles. The largest absolute Gasteiger partial charge is 0.478 e. The number of carboxylic acid groups (broad SMARTS) is 1. The van der Waals surface area contributed by atoms with Crippen molar-refractivity contribution in [1.29, 1.82) is 5.26 Å². The van der Waals surface area contributed by atoms with Gasteiger partial charge in [0, 0.05) is 11.1 Å². The third-order valence-electron chi connectivity index (χ3n) is 1.87. The smallest absolute Gasteiger partial charge is 0.328 e. The third kappa shape index (κ3) is 2.83. The van der Waals surface area contributed by atoms with Crippen LogP contribution in [0.15, 0.2) is 18.2 Å². The highest BCUT2D eigenvalue weighted by Crippen LogP contribution is 2.22. The molecule has 76 valence electrons. The highest BCUT2D eigenvalue weighted by molar-refractivity contribution is 6.32. The fraction of sp³-hybridized carbons (Fsp3) is 0.0909. The molecule has 0 fully saturated rings. The van der Waals surface area contributed by atoms with Crippen LogP contribution in [0, 0.1) is 18.3 Å². The summed E-state index contributed by atoms with van der Waals surface area (Å²) in [6.45, 7) is 1.77. The number of aryl methyl sites for hydroxylation is 1. The van der Waals surface area contributed by atoms with Crippen LogP contribution in [0.2, 0.25) is 5.02 Å². The maximum atomic E-state index is 10.3. The van der Waals surface area contributed by atoms with E-state index in [-0.39, 0.29) is 0 Å². The molecule has 1 aromatic rings. The first-order chi connectivity index (χ1) is 7.04. The number of carbonyl (C=O) groups is 1. The molecule has 1 aromatic carbocycles. The van der Waals surface area contributed by atoms with Gasteiger partial charge < -0.3 is 5.11 Å². The highest BCUT2D eigenvalue weighted by Gasteiger charge is 2.03. The zero-order valence-corrected chi connectivity index (χ0v) is 8.75. The Morgan fingerprint density at radius 2 is 2.27 bits per heavy atom. The number of hydrogen-bond acceptors (Lipinski definition) is 2. The van der Waals surface area contributed by atoms with Crippen molar-refractivity contribution in [2.24, 2.45) is 0 Å². The molecule has 0 saturated carbocycles. The summed E-state index contributed by atoms with van der Waals surface area (Å²) in [6.07, 6.45) is 2.41. The fourth-order valence-corrected chi connectivity index (χ4v) is 1.34.